The Hall–Kier alpha value is -0.980. The van der Waals surface area contributed by atoms with E-state index in [1.54, 1.807) is 33.0 Å². The summed E-state index contributed by atoms with van der Waals surface area (Å²) in [6.07, 6.45) is 0. The molecular formula is C20H32FIN4O3S. The molecule has 1 atom stereocenters. The average molecular weight is 554 g/mol. The highest BCUT2D eigenvalue weighted by molar-refractivity contribution is 14.0. The van der Waals surface area contributed by atoms with Crippen LogP contribution in [-0.4, -0.2) is 87.7 Å². The largest absolute Gasteiger partial charge is 0.379 e. The minimum Gasteiger partial charge on any atom is -0.379 e. The fourth-order valence-electron chi connectivity index (χ4n) is 3.91. The van der Waals surface area contributed by atoms with Gasteiger partial charge in [-0.1, -0.05) is 12.1 Å². The van der Waals surface area contributed by atoms with Gasteiger partial charge in [0.25, 0.3) is 0 Å². The average Bonchev–Trinajstić information content (AvgIpc) is 2.68. The number of sulfone groups is 1. The second kappa shape index (κ2) is 10.6. The van der Waals surface area contributed by atoms with E-state index in [1.807, 2.05) is 11.0 Å². The van der Waals surface area contributed by atoms with Gasteiger partial charge in [-0.25, -0.2) is 12.8 Å². The number of nitrogens with zero attached hydrogens (tertiary/aromatic N) is 3. The Kier molecular flexibility index (Phi) is 8.90. The van der Waals surface area contributed by atoms with Crippen LogP contribution in [0.2, 0.25) is 0 Å². The van der Waals surface area contributed by atoms with Crippen LogP contribution >= 0.6 is 24.0 Å². The number of halogens is 2. The number of morpholine rings is 1. The summed E-state index contributed by atoms with van der Waals surface area (Å²) in [6, 6.07) is 6.65. The molecule has 1 N–H and O–H groups in total. The van der Waals surface area contributed by atoms with Gasteiger partial charge in [0.15, 0.2) is 15.8 Å². The fourth-order valence-corrected chi connectivity index (χ4v) is 5.27. The first-order chi connectivity index (χ1) is 13.7. The number of hydrogen-bond acceptors (Lipinski definition) is 5. The summed E-state index contributed by atoms with van der Waals surface area (Å²) >= 11 is 0. The summed E-state index contributed by atoms with van der Waals surface area (Å²) in [4.78, 5) is 8.64. The van der Waals surface area contributed by atoms with Crippen LogP contribution in [0, 0.1) is 5.82 Å². The molecule has 2 saturated heterocycles. The zero-order chi connectivity index (χ0) is 21.1. The molecule has 0 aliphatic carbocycles. The molecule has 0 amide bonds. The molecule has 2 fully saturated rings. The van der Waals surface area contributed by atoms with Gasteiger partial charge < -0.3 is 15.0 Å². The van der Waals surface area contributed by atoms with Crippen LogP contribution in [-0.2, 0) is 14.6 Å². The van der Waals surface area contributed by atoms with Crippen molar-refractivity contribution in [2.45, 2.75) is 24.6 Å². The van der Waals surface area contributed by atoms with Gasteiger partial charge in [-0.3, -0.25) is 9.89 Å². The second-order valence-electron chi connectivity index (χ2n) is 8.15. The first kappa shape index (κ1) is 25.3. The van der Waals surface area contributed by atoms with Crippen LogP contribution in [0.1, 0.15) is 25.5 Å². The first-order valence-corrected chi connectivity index (χ1v) is 11.6. The SMILES string of the molecule is CN=C(NCC(c1cccc(F)c1)N1CCOCC1)N1CCS(=O)(=O)C(C)(C)C1.I. The Morgan fingerprint density at radius 1 is 1.30 bits per heavy atom. The second-order valence-corrected chi connectivity index (χ2v) is 10.9. The van der Waals surface area contributed by atoms with Gasteiger partial charge in [-0.2, -0.15) is 0 Å². The minimum atomic E-state index is -3.12. The lowest BCUT2D eigenvalue weighted by Gasteiger charge is -2.40. The van der Waals surface area contributed by atoms with Crippen LogP contribution in [0.4, 0.5) is 4.39 Å². The fraction of sp³-hybridized carbons (Fsp3) is 0.650. The predicted molar refractivity (Wildman–Crippen MR) is 128 cm³/mol. The number of rotatable bonds is 4. The van der Waals surface area contributed by atoms with Gasteiger partial charge in [0.1, 0.15) is 5.82 Å². The highest BCUT2D eigenvalue weighted by Gasteiger charge is 2.41. The lowest BCUT2D eigenvalue weighted by atomic mass is 10.0. The Morgan fingerprint density at radius 2 is 2.00 bits per heavy atom. The third kappa shape index (κ3) is 5.83. The summed E-state index contributed by atoms with van der Waals surface area (Å²) in [5, 5.41) is 3.40. The maximum absolute atomic E-state index is 13.9. The number of benzene rings is 1. The molecule has 2 heterocycles. The number of guanidine groups is 1. The lowest BCUT2D eigenvalue weighted by molar-refractivity contribution is 0.0168. The van der Waals surface area contributed by atoms with Crippen molar-refractivity contribution in [1.82, 2.24) is 15.1 Å². The molecule has 10 heteroatoms. The molecule has 1 aromatic carbocycles. The molecular weight excluding hydrogens is 522 g/mol. The van der Waals surface area contributed by atoms with Crippen LogP contribution in [0.5, 0.6) is 0 Å². The van der Waals surface area contributed by atoms with Crippen molar-refractivity contribution in [3.63, 3.8) is 0 Å². The van der Waals surface area contributed by atoms with E-state index in [0.29, 0.717) is 38.8 Å². The van der Waals surface area contributed by atoms with E-state index in [-0.39, 0.29) is 41.6 Å². The molecule has 2 aliphatic rings. The van der Waals surface area contributed by atoms with E-state index in [0.717, 1.165) is 18.7 Å². The van der Waals surface area contributed by atoms with Gasteiger partial charge >= 0.3 is 0 Å². The summed E-state index contributed by atoms with van der Waals surface area (Å²) in [6.45, 7) is 7.70. The van der Waals surface area contributed by atoms with Crippen LogP contribution in [0.15, 0.2) is 29.3 Å². The number of ether oxygens (including phenoxy) is 1. The first-order valence-electron chi connectivity index (χ1n) is 9.99. The van der Waals surface area contributed by atoms with Crippen molar-refractivity contribution >= 4 is 39.8 Å². The van der Waals surface area contributed by atoms with Gasteiger partial charge in [-0.15, -0.1) is 24.0 Å². The third-order valence-electron chi connectivity index (χ3n) is 5.73. The van der Waals surface area contributed by atoms with E-state index in [1.165, 1.54) is 6.07 Å². The molecule has 7 nitrogen and oxygen atoms in total. The molecule has 30 heavy (non-hydrogen) atoms. The zero-order valence-corrected chi connectivity index (χ0v) is 21.0. The minimum absolute atomic E-state index is 0. The summed E-state index contributed by atoms with van der Waals surface area (Å²) in [5.41, 5.74) is 0.899. The molecule has 0 bridgehead atoms. The van der Waals surface area contributed by atoms with Crippen LogP contribution in [0.3, 0.4) is 0 Å². The predicted octanol–water partition coefficient (Wildman–Crippen LogP) is 1.90. The van der Waals surface area contributed by atoms with Crippen LogP contribution < -0.4 is 5.32 Å². The summed E-state index contributed by atoms with van der Waals surface area (Å²) in [7, 11) is -1.42. The number of aliphatic imine (C=N–C) groups is 1. The molecule has 2 aliphatic heterocycles. The van der Waals surface area contributed by atoms with Crippen LogP contribution in [0.25, 0.3) is 0 Å². The van der Waals surface area contributed by atoms with Crippen molar-refractivity contribution in [1.29, 1.82) is 0 Å². The monoisotopic (exact) mass is 554 g/mol. The normalized spacial score (nSPS) is 22.8. The number of hydrogen-bond donors (Lipinski definition) is 1. The topological polar surface area (TPSA) is 74.2 Å². The molecule has 0 radical (unpaired) electrons. The highest BCUT2D eigenvalue weighted by atomic mass is 127. The van der Waals surface area contributed by atoms with E-state index in [2.05, 4.69) is 15.2 Å². The van der Waals surface area contributed by atoms with E-state index in [9.17, 15) is 12.8 Å². The molecule has 0 spiro atoms. The van der Waals surface area contributed by atoms with E-state index < -0.39 is 14.6 Å². The summed E-state index contributed by atoms with van der Waals surface area (Å²) < 4.78 is 43.1. The standard InChI is InChI=1S/C20H31FN4O3S.HI/c1-20(2)15-25(9-12-29(20,26)27)19(22-3)23-14-18(24-7-10-28-11-8-24)16-5-4-6-17(21)13-16;/h4-6,13,18H,7-12,14-15H2,1-3H3,(H,22,23);1H. The molecule has 170 valence electrons. The van der Waals surface area contributed by atoms with Crippen molar-refractivity contribution in [3.05, 3.63) is 35.6 Å². The smallest absolute Gasteiger partial charge is 0.193 e. The third-order valence-corrected chi connectivity index (χ3v) is 8.26. The summed E-state index contributed by atoms with van der Waals surface area (Å²) in [5.74, 6) is 0.521. The number of nitrogens with one attached hydrogen (secondary N) is 1. The van der Waals surface area contributed by atoms with Gasteiger partial charge in [-0.05, 0) is 31.5 Å². The quantitative estimate of drug-likeness (QED) is 0.349. The molecule has 1 aromatic rings. The van der Waals surface area contributed by atoms with E-state index >= 15 is 0 Å². The van der Waals surface area contributed by atoms with Gasteiger partial charge in [0.2, 0.25) is 0 Å². The Balaban J connectivity index is 0.00000320. The maximum Gasteiger partial charge on any atom is 0.193 e. The zero-order valence-electron chi connectivity index (χ0n) is 17.8. The Morgan fingerprint density at radius 3 is 2.60 bits per heavy atom. The van der Waals surface area contributed by atoms with E-state index in [4.69, 9.17) is 4.74 Å². The lowest BCUT2D eigenvalue weighted by Crippen LogP contribution is -2.58. The molecule has 0 saturated carbocycles. The van der Waals surface area contributed by atoms with Crippen molar-refractivity contribution in [3.8, 4) is 0 Å². The Labute approximate surface area is 196 Å². The Bertz CT molecular complexity index is 844. The van der Waals surface area contributed by atoms with Crippen molar-refractivity contribution in [2.75, 3.05) is 58.7 Å². The molecule has 3 rings (SSSR count). The van der Waals surface area contributed by atoms with Crippen molar-refractivity contribution in [2.24, 2.45) is 4.99 Å². The maximum atomic E-state index is 13.9. The molecule has 1 unspecified atom stereocenters. The van der Waals surface area contributed by atoms with Gasteiger partial charge in [0.05, 0.1) is 29.8 Å². The highest BCUT2D eigenvalue weighted by Crippen LogP contribution is 2.25. The van der Waals surface area contributed by atoms with Gasteiger partial charge in [0, 0.05) is 39.8 Å². The van der Waals surface area contributed by atoms with Crippen molar-refractivity contribution < 1.29 is 17.5 Å². The molecule has 0 aromatic heterocycles.